The first-order chi connectivity index (χ1) is 6.81. The molecule has 0 amide bonds. The lowest BCUT2D eigenvalue weighted by Gasteiger charge is -2.15. The Kier molecular flexibility index (Phi) is 2.82. The van der Waals surface area contributed by atoms with Crippen LogP contribution in [0.15, 0.2) is 18.2 Å². The molecule has 0 aliphatic carbocycles. The summed E-state index contributed by atoms with van der Waals surface area (Å²) in [5, 5.41) is 7.66. The number of halogens is 1. The smallest absolute Gasteiger partial charge is 0.0765 e. The van der Waals surface area contributed by atoms with Gasteiger partial charge in [-0.3, -0.25) is 0 Å². The van der Waals surface area contributed by atoms with Crippen LogP contribution >= 0.6 is 11.6 Å². The molecular formula is C11H15ClN2. The maximum atomic E-state index is 6.10. The fourth-order valence-corrected chi connectivity index (χ4v) is 2.04. The molecule has 1 aromatic carbocycles. The minimum Gasteiger partial charge on any atom is -0.382 e. The Balaban J connectivity index is 2.32. The second-order valence-corrected chi connectivity index (χ2v) is 4.03. The molecule has 1 aliphatic rings. The standard InChI is InChI=1S/C11H15ClN2/c1-2-8-6-7-13-11-9(12)4-3-5-10(11)14-8/h3-5,8,13-14H,2,6-7H2,1H3. The molecule has 0 radical (unpaired) electrons. The number of benzene rings is 1. The molecule has 0 fully saturated rings. The van der Waals surface area contributed by atoms with Crippen LogP contribution in [0.1, 0.15) is 19.8 Å². The minimum atomic E-state index is 0.558. The van der Waals surface area contributed by atoms with Crippen molar-refractivity contribution >= 4 is 23.0 Å². The fraction of sp³-hybridized carbons (Fsp3) is 0.455. The molecule has 1 heterocycles. The van der Waals surface area contributed by atoms with Crippen molar-refractivity contribution in [2.75, 3.05) is 17.2 Å². The molecule has 0 saturated heterocycles. The van der Waals surface area contributed by atoms with E-state index >= 15 is 0 Å². The van der Waals surface area contributed by atoms with E-state index in [2.05, 4.69) is 23.6 Å². The van der Waals surface area contributed by atoms with Crippen molar-refractivity contribution in [3.05, 3.63) is 23.2 Å². The van der Waals surface area contributed by atoms with Crippen molar-refractivity contribution in [1.82, 2.24) is 0 Å². The van der Waals surface area contributed by atoms with E-state index in [0.29, 0.717) is 6.04 Å². The van der Waals surface area contributed by atoms with E-state index < -0.39 is 0 Å². The Morgan fingerprint density at radius 2 is 2.36 bits per heavy atom. The Labute approximate surface area is 89.7 Å². The van der Waals surface area contributed by atoms with E-state index in [1.165, 1.54) is 0 Å². The van der Waals surface area contributed by atoms with Crippen LogP contribution in [-0.2, 0) is 0 Å². The van der Waals surface area contributed by atoms with Gasteiger partial charge in [0.05, 0.1) is 16.4 Å². The van der Waals surface area contributed by atoms with E-state index in [1.54, 1.807) is 0 Å². The van der Waals surface area contributed by atoms with Crippen LogP contribution in [-0.4, -0.2) is 12.6 Å². The Morgan fingerprint density at radius 1 is 1.50 bits per heavy atom. The van der Waals surface area contributed by atoms with Gasteiger partial charge >= 0.3 is 0 Å². The number of fused-ring (bicyclic) bond motifs is 1. The number of anilines is 2. The molecule has 2 N–H and O–H groups in total. The van der Waals surface area contributed by atoms with E-state index in [1.807, 2.05) is 12.1 Å². The van der Waals surface area contributed by atoms with Gasteiger partial charge in [0.15, 0.2) is 0 Å². The largest absolute Gasteiger partial charge is 0.382 e. The van der Waals surface area contributed by atoms with Crippen molar-refractivity contribution in [3.8, 4) is 0 Å². The maximum absolute atomic E-state index is 6.10. The molecule has 3 heteroatoms. The van der Waals surface area contributed by atoms with Gasteiger partial charge in [-0.05, 0) is 25.0 Å². The quantitative estimate of drug-likeness (QED) is 0.743. The van der Waals surface area contributed by atoms with Crippen LogP contribution in [0, 0.1) is 0 Å². The van der Waals surface area contributed by atoms with Gasteiger partial charge in [-0.25, -0.2) is 0 Å². The fourth-order valence-electron chi connectivity index (χ4n) is 1.79. The minimum absolute atomic E-state index is 0.558. The normalized spacial score (nSPS) is 20.3. The molecule has 2 rings (SSSR count). The summed E-state index contributed by atoms with van der Waals surface area (Å²) in [6.07, 6.45) is 2.29. The number of para-hydroxylation sites is 1. The van der Waals surface area contributed by atoms with Gasteiger partial charge in [0, 0.05) is 12.6 Å². The lowest BCUT2D eigenvalue weighted by molar-refractivity contribution is 0.661. The van der Waals surface area contributed by atoms with E-state index in [-0.39, 0.29) is 0 Å². The van der Waals surface area contributed by atoms with Crippen LogP contribution in [0.5, 0.6) is 0 Å². The third-order valence-electron chi connectivity index (χ3n) is 2.66. The van der Waals surface area contributed by atoms with Gasteiger partial charge in [0.25, 0.3) is 0 Å². The average molecular weight is 211 g/mol. The molecule has 1 aliphatic heterocycles. The third kappa shape index (κ3) is 1.80. The molecule has 1 aromatic rings. The van der Waals surface area contributed by atoms with Gasteiger partial charge in [0.2, 0.25) is 0 Å². The molecule has 1 atom stereocenters. The summed E-state index contributed by atoms with van der Waals surface area (Å²) < 4.78 is 0. The highest BCUT2D eigenvalue weighted by Gasteiger charge is 2.14. The summed E-state index contributed by atoms with van der Waals surface area (Å²) >= 11 is 6.10. The molecule has 0 aromatic heterocycles. The Hall–Kier alpha value is -0.890. The summed E-state index contributed by atoms with van der Waals surface area (Å²) in [6, 6.07) is 6.53. The molecule has 0 saturated carbocycles. The number of rotatable bonds is 1. The lowest BCUT2D eigenvalue weighted by Crippen LogP contribution is -2.18. The van der Waals surface area contributed by atoms with Gasteiger partial charge in [-0.1, -0.05) is 24.6 Å². The molecule has 14 heavy (non-hydrogen) atoms. The average Bonchev–Trinajstić information content (AvgIpc) is 2.40. The molecule has 2 nitrogen and oxygen atoms in total. The predicted octanol–water partition coefficient (Wildman–Crippen LogP) is 3.35. The van der Waals surface area contributed by atoms with Crippen molar-refractivity contribution in [1.29, 1.82) is 0 Å². The monoisotopic (exact) mass is 210 g/mol. The van der Waals surface area contributed by atoms with Gasteiger partial charge < -0.3 is 10.6 Å². The summed E-state index contributed by atoms with van der Waals surface area (Å²) in [5.41, 5.74) is 2.17. The summed E-state index contributed by atoms with van der Waals surface area (Å²) in [4.78, 5) is 0. The zero-order valence-electron chi connectivity index (χ0n) is 8.31. The van der Waals surface area contributed by atoms with E-state index in [9.17, 15) is 0 Å². The molecule has 1 unspecified atom stereocenters. The number of hydrogen-bond acceptors (Lipinski definition) is 2. The summed E-state index contributed by atoms with van der Waals surface area (Å²) in [6.45, 7) is 3.19. The predicted molar refractivity (Wildman–Crippen MR) is 62.3 cm³/mol. The molecule has 0 spiro atoms. The first-order valence-electron chi connectivity index (χ1n) is 5.10. The molecular weight excluding hydrogens is 196 g/mol. The Morgan fingerprint density at radius 3 is 3.14 bits per heavy atom. The van der Waals surface area contributed by atoms with Gasteiger partial charge in [-0.15, -0.1) is 0 Å². The topological polar surface area (TPSA) is 24.1 Å². The molecule has 0 bridgehead atoms. The first kappa shape index (κ1) is 9.66. The zero-order chi connectivity index (χ0) is 9.97. The van der Waals surface area contributed by atoms with Crippen LogP contribution in [0.25, 0.3) is 0 Å². The summed E-state index contributed by atoms with van der Waals surface area (Å²) in [5.74, 6) is 0. The number of hydrogen-bond donors (Lipinski definition) is 2. The highest BCUT2D eigenvalue weighted by molar-refractivity contribution is 6.34. The van der Waals surface area contributed by atoms with Crippen LogP contribution < -0.4 is 10.6 Å². The zero-order valence-corrected chi connectivity index (χ0v) is 9.06. The van der Waals surface area contributed by atoms with Gasteiger partial charge in [-0.2, -0.15) is 0 Å². The van der Waals surface area contributed by atoms with Crippen molar-refractivity contribution < 1.29 is 0 Å². The van der Waals surface area contributed by atoms with Crippen LogP contribution in [0.3, 0.4) is 0 Å². The third-order valence-corrected chi connectivity index (χ3v) is 2.98. The first-order valence-corrected chi connectivity index (χ1v) is 5.48. The lowest BCUT2D eigenvalue weighted by atomic mass is 10.1. The second kappa shape index (κ2) is 4.09. The second-order valence-electron chi connectivity index (χ2n) is 3.63. The Bertz CT molecular complexity index is 325. The van der Waals surface area contributed by atoms with Crippen molar-refractivity contribution in [3.63, 3.8) is 0 Å². The van der Waals surface area contributed by atoms with Crippen molar-refractivity contribution in [2.24, 2.45) is 0 Å². The van der Waals surface area contributed by atoms with E-state index in [0.717, 1.165) is 35.8 Å². The van der Waals surface area contributed by atoms with Crippen molar-refractivity contribution in [2.45, 2.75) is 25.8 Å². The summed E-state index contributed by atoms with van der Waals surface area (Å²) in [7, 11) is 0. The highest BCUT2D eigenvalue weighted by Crippen LogP contribution is 2.32. The SMILES string of the molecule is CCC1CCNc2c(Cl)cccc2N1. The maximum Gasteiger partial charge on any atom is 0.0765 e. The van der Waals surface area contributed by atoms with Gasteiger partial charge in [0.1, 0.15) is 0 Å². The number of nitrogens with one attached hydrogen (secondary N) is 2. The highest BCUT2D eigenvalue weighted by atomic mass is 35.5. The van der Waals surface area contributed by atoms with Crippen LogP contribution in [0.2, 0.25) is 5.02 Å². The molecule has 76 valence electrons. The van der Waals surface area contributed by atoms with Crippen LogP contribution in [0.4, 0.5) is 11.4 Å². The van der Waals surface area contributed by atoms with E-state index in [4.69, 9.17) is 11.6 Å².